The van der Waals surface area contributed by atoms with Crippen LogP contribution < -0.4 is 10.2 Å². The van der Waals surface area contributed by atoms with Crippen molar-refractivity contribution >= 4 is 39.8 Å². The van der Waals surface area contributed by atoms with Crippen LogP contribution in [-0.4, -0.2) is 40.7 Å². The number of nitrogens with one attached hydrogen (secondary N) is 2. The van der Waals surface area contributed by atoms with Crippen LogP contribution >= 0.6 is 11.6 Å². The number of hydrogen-bond donors (Lipinski definition) is 3. The van der Waals surface area contributed by atoms with Crippen molar-refractivity contribution < 1.29 is 14.8 Å². The Morgan fingerprint density at radius 2 is 1.93 bits per heavy atom. The van der Waals surface area contributed by atoms with Gasteiger partial charge in [0.25, 0.3) is 5.91 Å². The van der Waals surface area contributed by atoms with Gasteiger partial charge in [-0.05, 0) is 36.4 Å². The monoisotopic (exact) mass is 410 g/mol. The number of aliphatic hydroxyl groups excluding tert-OH is 1. The molecule has 0 saturated carbocycles. The van der Waals surface area contributed by atoms with Crippen molar-refractivity contribution in [3.8, 4) is 6.07 Å². The molecule has 1 unspecified atom stereocenters. The number of fused-ring (bicyclic) bond motifs is 1. The highest BCUT2D eigenvalue weighted by Gasteiger charge is 2.20. The van der Waals surface area contributed by atoms with Gasteiger partial charge in [0.2, 0.25) is 0 Å². The fourth-order valence-electron chi connectivity index (χ4n) is 3.06. The number of nitriles is 1. The molecule has 0 fully saturated rings. The minimum atomic E-state index is -0.209. The van der Waals surface area contributed by atoms with Crippen molar-refractivity contribution in [2.24, 2.45) is 7.05 Å². The van der Waals surface area contributed by atoms with Gasteiger partial charge in [-0.2, -0.15) is 5.26 Å². The summed E-state index contributed by atoms with van der Waals surface area (Å²) in [6, 6.07) is 16.4. The van der Waals surface area contributed by atoms with Crippen LogP contribution in [0.4, 0.5) is 5.69 Å². The van der Waals surface area contributed by atoms with Gasteiger partial charge in [-0.1, -0.05) is 23.7 Å². The Bertz CT molecular complexity index is 1110. The van der Waals surface area contributed by atoms with Crippen LogP contribution in [0.5, 0.6) is 0 Å². The second-order valence-corrected chi connectivity index (χ2v) is 7.22. The zero-order valence-electron chi connectivity index (χ0n) is 16.1. The molecule has 1 amide bonds. The number of carbonyl (C=O) groups excluding carboxylic acids is 1. The van der Waals surface area contributed by atoms with Crippen LogP contribution in [0.25, 0.3) is 16.6 Å². The van der Waals surface area contributed by atoms with Crippen molar-refractivity contribution in [2.75, 3.05) is 25.5 Å². The first kappa shape index (κ1) is 20.4. The topological polar surface area (TPSA) is 95.4 Å². The maximum absolute atomic E-state index is 12.2. The first-order valence-corrected chi connectivity index (χ1v) is 9.37. The summed E-state index contributed by atoms with van der Waals surface area (Å²) in [7, 11) is 3.56. The average molecular weight is 411 g/mol. The van der Waals surface area contributed by atoms with Crippen molar-refractivity contribution in [3.63, 3.8) is 0 Å². The molecule has 3 aromatic rings. The standard InChI is InChI=1S/C21H20ClN5O2/c1-26(13-20(29)24-15-9-7-14(22)8-10-15)12-19(28)16(11-23)21-25-17-5-3-4-6-18(17)27(21)2/h3-10,28H,12-13H2,1-2H3,(H,24,29)/p+1/b19-16-. The molecule has 1 aromatic heterocycles. The van der Waals surface area contributed by atoms with Crippen LogP contribution in [0.15, 0.2) is 54.3 Å². The number of benzene rings is 2. The Balaban J connectivity index is 1.72. The van der Waals surface area contributed by atoms with Gasteiger partial charge < -0.3 is 19.9 Å². The van der Waals surface area contributed by atoms with E-state index in [1.807, 2.05) is 30.3 Å². The summed E-state index contributed by atoms with van der Waals surface area (Å²) in [6.07, 6.45) is 0. The maximum atomic E-state index is 12.2. The van der Waals surface area contributed by atoms with E-state index in [4.69, 9.17) is 11.6 Å². The van der Waals surface area contributed by atoms with E-state index in [2.05, 4.69) is 10.3 Å². The SMILES string of the molecule is Cn1c(/C(C#N)=C(\O)C[NH+](C)CC(=O)Nc2ccc(Cl)cc2)nc2ccccc21. The third-order valence-corrected chi connectivity index (χ3v) is 4.72. The number of quaternary nitrogens is 1. The van der Waals surface area contributed by atoms with Crippen LogP contribution in [0.2, 0.25) is 5.02 Å². The summed E-state index contributed by atoms with van der Waals surface area (Å²) in [6.45, 7) is 0.230. The first-order valence-electron chi connectivity index (χ1n) is 8.99. The van der Waals surface area contributed by atoms with E-state index in [1.165, 1.54) is 0 Å². The van der Waals surface area contributed by atoms with Crippen LogP contribution in [-0.2, 0) is 11.8 Å². The van der Waals surface area contributed by atoms with E-state index in [0.717, 1.165) is 15.9 Å². The highest BCUT2D eigenvalue weighted by Crippen LogP contribution is 2.21. The lowest BCUT2D eigenvalue weighted by molar-refractivity contribution is -0.867. The fourth-order valence-corrected chi connectivity index (χ4v) is 3.19. The Kier molecular flexibility index (Phi) is 6.17. The van der Waals surface area contributed by atoms with Crippen molar-refractivity contribution in [2.45, 2.75) is 0 Å². The molecule has 7 nitrogen and oxygen atoms in total. The van der Waals surface area contributed by atoms with Crippen molar-refractivity contribution in [1.82, 2.24) is 9.55 Å². The fraction of sp³-hybridized carbons (Fsp3) is 0.190. The number of nitrogens with zero attached hydrogens (tertiary/aromatic N) is 3. The zero-order chi connectivity index (χ0) is 21.0. The number of aryl methyl sites for hydroxylation is 1. The molecule has 3 N–H and O–H groups in total. The molecule has 0 saturated heterocycles. The van der Waals surface area contributed by atoms with E-state index in [-0.39, 0.29) is 30.3 Å². The summed E-state index contributed by atoms with van der Waals surface area (Å²) >= 11 is 5.84. The minimum absolute atomic E-state index is 0.0983. The van der Waals surface area contributed by atoms with E-state index in [1.54, 1.807) is 42.9 Å². The van der Waals surface area contributed by atoms with Crippen LogP contribution in [0.1, 0.15) is 5.82 Å². The minimum Gasteiger partial charge on any atom is -0.506 e. The summed E-state index contributed by atoms with van der Waals surface area (Å²) < 4.78 is 1.77. The van der Waals surface area contributed by atoms with Gasteiger partial charge in [-0.3, -0.25) is 4.79 Å². The summed E-state index contributed by atoms with van der Waals surface area (Å²) in [5.41, 5.74) is 2.35. The second kappa shape index (κ2) is 8.78. The number of imidazole rings is 1. The Hall–Kier alpha value is -3.34. The zero-order valence-corrected chi connectivity index (χ0v) is 16.9. The molecule has 1 atom stereocenters. The van der Waals surface area contributed by atoms with Gasteiger partial charge in [0, 0.05) is 17.8 Å². The number of halogens is 1. The molecule has 2 aromatic carbocycles. The number of hydrogen-bond acceptors (Lipinski definition) is 4. The molecule has 0 aliphatic heterocycles. The van der Waals surface area contributed by atoms with Crippen LogP contribution in [0.3, 0.4) is 0 Å². The summed E-state index contributed by atoms with van der Waals surface area (Å²) in [5.74, 6) is 0.0752. The number of anilines is 1. The third-order valence-electron chi connectivity index (χ3n) is 4.47. The quantitative estimate of drug-likeness (QED) is 0.428. The lowest BCUT2D eigenvalue weighted by Gasteiger charge is -2.14. The molecule has 8 heteroatoms. The highest BCUT2D eigenvalue weighted by atomic mass is 35.5. The number of aliphatic hydroxyl groups is 1. The summed E-state index contributed by atoms with van der Waals surface area (Å²) in [4.78, 5) is 17.4. The lowest BCUT2D eigenvalue weighted by atomic mass is 10.2. The Labute approximate surface area is 173 Å². The first-order chi connectivity index (χ1) is 13.9. The molecule has 0 spiro atoms. The van der Waals surface area contributed by atoms with Gasteiger partial charge in [0.1, 0.15) is 18.2 Å². The molecule has 1 heterocycles. The number of carbonyl (C=O) groups is 1. The molecule has 148 valence electrons. The number of likely N-dealkylation sites (N-methyl/N-ethyl adjacent to an activating group) is 1. The van der Waals surface area contributed by atoms with Gasteiger partial charge in [0.15, 0.2) is 18.1 Å². The molecule has 29 heavy (non-hydrogen) atoms. The van der Waals surface area contributed by atoms with Gasteiger partial charge in [0.05, 0.1) is 18.1 Å². The maximum Gasteiger partial charge on any atom is 0.279 e. The molecular formula is C21H21ClN5O2+. The Morgan fingerprint density at radius 3 is 2.59 bits per heavy atom. The van der Waals surface area contributed by atoms with Gasteiger partial charge in [-0.25, -0.2) is 4.98 Å². The van der Waals surface area contributed by atoms with E-state index < -0.39 is 0 Å². The number of para-hydroxylation sites is 2. The smallest absolute Gasteiger partial charge is 0.279 e. The lowest BCUT2D eigenvalue weighted by Crippen LogP contribution is -3.10. The van der Waals surface area contributed by atoms with E-state index in [9.17, 15) is 15.2 Å². The number of rotatable bonds is 6. The normalized spacial score (nSPS) is 12.9. The predicted molar refractivity (Wildman–Crippen MR) is 113 cm³/mol. The molecule has 0 bridgehead atoms. The van der Waals surface area contributed by atoms with E-state index >= 15 is 0 Å². The molecule has 0 radical (unpaired) electrons. The highest BCUT2D eigenvalue weighted by molar-refractivity contribution is 6.30. The number of amides is 1. The van der Waals surface area contributed by atoms with Crippen molar-refractivity contribution in [1.29, 1.82) is 5.26 Å². The van der Waals surface area contributed by atoms with Crippen molar-refractivity contribution in [3.05, 3.63) is 65.1 Å². The second-order valence-electron chi connectivity index (χ2n) is 6.78. The van der Waals surface area contributed by atoms with E-state index in [0.29, 0.717) is 16.5 Å². The summed E-state index contributed by atoms with van der Waals surface area (Å²) in [5, 5.41) is 23.5. The molecular weight excluding hydrogens is 390 g/mol. The van der Waals surface area contributed by atoms with Gasteiger partial charge in [-0.15, -0.1) is 0 Å². The van der Waals surface area contributed by atoms with Gasteiger partial charge >= 0.3 is 0 Å². The van der Waals surface area contributed by atoms with Crippen LogP contribution in [0, 0.1) is 11.3 Å². The third kappa shape index (κ3) is 4.74. The number of aromatic nitrogens is 2. The average Bonchev–Trinajstić information content (AvgIpc) is 3.01. The predicted octanol–water partition coefficient (Wildman–Crippen LogP) is 2.17. The number of allylic oxidation sites excluding steroid dienone is 1. The molecule has 0 aliphatic rings. The molecule has 0 aliphatic carbocycles. The Morgan fingerprint density at radius 1 is 1.24 bits per heavy atom. The largest absolute Gasteiger partial charge is 0.506 e. The molecule has 3 rings (SSSR count).